The van der Waals surface area contributed by atoms with Crippen molar-refractivity contribution in [3.05, 3.63) is 34.9 Å². The zero-order valence-corrected chi connectivity index (χ0v) is 13.4. The number of likely N-dealkylation sites (tertiary alicyclic amines) is 1. The lowest BCUT2D eigenvalue weighted by Gasteiger charge is -2.21. The van der Waals surface area contributed by atoms with Crippen LogP contribution in [0.4, 0.5) is 0 Å². The van der Waals surface area contributed by atoms with E-state index in [1.54, 1.807) is 0 Å². The van der Waals surface area contributed by atoms with Crippen LogP contribution in [-0.2, 0) is 4.74 Å². The number of furan rings is 1. The Kier molecular flexibility index (Phi) is 3.35. The van der Waals surface area contributed by atoms with E-state index in [-0.39, 0.29) is 11.3 Å². The fraction of sp³-hybridized carbons (Fsp3) is 0.471. The summed E-state index contributed by atoms with van der Waals surface area (Å²) in [5, 5.41) is 0. The second-order valence-electron chi connectivity index (χ2n) is 6.35. The molecule has 1 spiro atoms. The molecule has 1 unspecified atom stereocenters. The highest BCUT2D eigenvalue weighted by Crippen LogP contribution is 2.39. The number of carbonyl (C=O) groups excluding carboxylic acids is 1. The van der Waals surface area contributed by atoms with E-state index >= 15 is 0 Å². The molecule has 2 aliphatic rings. The van der Waals surface area contributed by atoms with Crippen LogP contribution in [0.5, 0.6) is 0 Å². The number of nitrogens with zero attached hydrogens (tertiary/aromatic N) is 1. The van der Waals surface area contributed by atoms with E-state index in [9.17, 15) is 4.79 Å². The number of aryl methyl sites for hydroxylation is 1. The molecule has 2 saturated heterocycles. The van der Waals surface area contributed by atoms with Gasteiger partial charge in [0.05, 0.1) is 16.4 Å². The fourth-order valence-corrected chi connectivity index (χ4v) is 4.32. The summed E-state index contributed by atoms with van der Waals surface area (Å²) in [5.41, 5.74) is 0.216. The van der Waals surface area contributed by atoms with Gasteiger partial charge in [0, 0.05) is 25.1 Å². The zero-order valence-electron chi connectivity index (χ0n) is 12.6. The molecule has 2 aliphatic heterocycles. The molecule has 5 heteroatoms. The summed E-state index contributed by atoms with van der Waals surface area (Å²) < 4.78 is 11.2. The molecule has 0 radical (unpaired) electrons. The summed E-state index contributed by atoms with van der Waals surface area (Å²) in [7, 11) is 0. The number of carbonyl (C=O) groups is 1. The molecule has 116 valence electrons. The predicted molar refractivity (Wildman–Crippen MR) is 85.1 cm³/mol. The highest BCUT2D eigenvalue weighted by molar-refractivity contribution is 7.17. The van der Waals surface area contributed by atoms with Crippen molar-refractivity contribution in [1.82, 2.24) is 4.90 Å². The number of thiophene rings is 1. The first kappa shape index (κ1) is 14.0. The van der Waals surface area contributed by atoms with Gasteiger partial charge < -0.3 is 14.1 Å². The second-order valence-corrected chi connectivity index (χ2v) is 7.44. The first-order valence-electron chi connectivity index (χ1n) is 7.69. The number of amides is 1. The van der Waals surface area contributed by atoms with Crippen molar-refractivity contribution < 1.29 is 13.9 Å². The molecule has 22 heavy (non-hydrogen) atoms. The van der Waals surface area contributed by atoms with Crippen LogP contribution in [0.25, 0.3) is 10.6 Å². The molecule has 2 fully saturated rings. The van der Waals surface area contributed by atoms with Crippen LogP contribution in [0.2, 0.25) is 0 Å². The third kappa shape index (κ3) is 2.38. The lowest BCUT2D eigenvalue weighted by atomic mass is 9.87. The van der Waals surface area contributed by atoms with Crippen molar-refractivity contribution >= 4 is 17.2 Å². The predicted octanol–water partition coefficient (Wildman–Crippen LogP) is 3.57. The molecule has 0 bridgehead atoms. The number of ether oxygens (including phenoxy) is 1. The minimum Gasteiger partial charge on any atom is -0.461 e. The van der Waals surface area contributed by atoms with Gasteiger partial charge in [-0.3, -0.25) is 4.79 Å². The van der Waals surface area contributed by atoms with E-state index in [0.29, 0.717) is 0 Å². The summed E-state index contributed by atoms with van der Waals surface area (Å²) in [6.45, 7) is 5.24. The molecule has 2 aromatic rings. The third-order valence-electron chi connectivity index (χ3n) is 4.71. The minimum atomic E-state index is 0.142. The van der Waals surface area contributed by atoms with Crippen LogP contribution in [0.15, 0.2) is 28.7 Å². The number of hydrogen-bond acceptors (Lipinski definition) is 4. The maximum absolute atomic E-state index is 12.7. The highest BCUT2D eigenvalue weighted by Gasteiger charge is 2.43. The largest absolute Gasteiger partial charge is 0.461 e. The molecular weight excluding hydrogens is 298 g/mol. The van der Waals surface area contributed by atoms with Gasteiger partial charge in [-0.2, -0.15) is 0 Å². The first-order chi connectivity index (χ1) is 10.7. The first-order valence-corrected chi connectivity index (χ1v) is 8.51. The van der Waals surface area contributed by atoms with E-state index in [1.165, 1.54) is 11.3 Å². The highest BCUT2D eigenvalue weighted by atomic mass is 32.1. The lowest BCUT2D eigenvalue weighted by molar-refractivity contribution is 0.0770. The van der Waals surface area contributed by atoms with Gasteiger partial charge in [-0.1, -0.05) is 0 Å². The quantitative estimate of drug-likeness (QED) is 0.850. The van der Waals surface area contributed by atoms with Crippen LogP contribution in [0.1, 0.15) is 28.3 Å². The van der Waals surface area contributed by atoms with Crippen LogP contribution < -0.4 is 0 Å². The lowest BCUT2D eigenvalue weighted by Crippen LogP contribution is -2.32. The van der Waals surface area contributed by atoms with Crippen molar-refractivity contribution in [3.8, 4) is 10.6 Å². The van der Waals surface area contributed by atoms with Gasteiger partial charge in [0.25, 0.3) is 5.91 Å². The third-order valence-corrected chi connectivity index (χ3v) is 5.80. The minimum absolute atomic E-state index is 0.142. The molecule has 0 aromatic carbocycles. The fourth-order valence-electron chi connectivity index (χ4n) is 3.39. The maximum atomic E-state index is 12.7. The Hall–Kier alpha value is -1.59. The summed E-state index contributed by atoms with van der Waals surface area (Å²) >= 11 is 1.51. The molecule has 4 nitrogen and oxygen atoms in total. The van der Waals surface area contributed by atoms with E-state index in [4.69, 9.17) is 9.15 Å². The molecule has 0 aliphatic carbocycles. The Bertz CT molecular complexity index is 696. The Morgan fingerprint density at radius 1 is 1.27 bits per heavy atom. The van der Waals surface area contributed by atoms with Crippen molar-refractivity contribution in [2.24, 2.45) is 5.41 Å². The van der Waals surface area contributed by atoms with E-state index in [0.717, 1.165) is 60.4 Å². The van der Waals surface area contributed by atoms with E-state index in [1.807, 2.05) is 36.1 Å². The zero-order chi connectivity index (χ0) is 15.2. The monoisotopic (exact) mass is 317 g/mol. The Morgan fingerprint density at radius 2 is 2.18 bits per heavy atom. The summed E-state index contributed by atoms with van der Waals surface area (Å²) in [5.74, 6) is 1.87. The normalized spacial score (nSPS) is 24.5. The molecule has 4 rings (SSSR count). The van der Waals surface area contributed by atoms with Crippen molar-refractivity contribution in [2.75, 3.05) is 26.3 Å². The van der Waals surface area contributed by atoms with Gasteiger partial charge in [-0.05, 0) is 44.0 Å². The van der Waals surface area contributed by atoms with Crippen molar-refractivity contribution in [2.45, 2.75) is 19.8 Å². The van der Waals surface area contributed by atoms with Crippen LogP contribution >= 0.6 is 11.3 Å². The van der Waals surface area contributed by atoms with Gasteiger partial charge in [0.15, 0.2) is 0 Å². The van der Waals surface area contributed by atoms with Crippen LogP contribution in [0, 0.1) is 12.3 Å². The van der Waals surface area contributed by atoms with Crippen molar-refractivity contribution in [3.63, 3.8) is 0 Å². The Morgan fingerprint density at radius 3 is 2.91 bits per heavy atom. The topological polar surface area (TPSA) is 42.7 Å². The molecular formula is C17H19NO3S. The molecule has 0 N–H and O–H groups in total. The number of hydrogen-bond donors (Lipinski definition) is 0. The summed E-state index contributed by atoms with van der Waals surface area (Å²) in [6.07, 6.45) is 2.15. The summed E-state index contributed by atoms with van der Waals surface area (Å²) in [6, 6.07) is 7.79. The average molecular weight is 317 g/mol. The smallest absolute Gasteiger partial charge is 0.263 e. The van der Waals surface area contributed by atoms with Crippen LogP contribution in [-0.4, -0.2) is 37.1 Å². The molecule has 4 heterocycles. The van der Waals surface area contributed by atoms with Gasteiger partial charge in [-0.25, -0.2) is 0 Å². The van der Waals surface area contributed by atoms with Gasteiger partial charge in [0.2, 0.25) is 0 Å². The standard InChI is InChI=1S/C17H19NO3S/c1-12-2-3-13(21-12)14-4-5-15(22-14)16(19)18-8-6-17(10-18)7-9-20-11-17/h2-5H,6-11H2,1H3. The van der Waals surface area contributed by atoms with E-state index < -0.39 is 0 Å². The van der Waals surface area contributed by atoms with E-state index in [2.05, 4.69) is 0 Å². The van der Waals surface area contributed by atoms with Gasteiger partial charge in [-0.15, -0.1) is 11.3 Å². The average Bonchev–Trinajstić information content (AvgIpc) is 3.27. The molecule has 1 atom stereocenters. The van der Waals surface area contributed by atoms with Gasteiger partial charge >= 0.3 is 0 Å². The van der Waals surface area contributed by atoms with Crippen molar-refractivity contribution in [1.29, 1.82) is 0 Å². The summed E-state index contributed by atoms with van der Waals surface area (Å²) in [4.78, 5) is 16.5. The maximum Gasteiger partial charge on any atom is 0.263 e. The molecule has 2 aromatic heterocycles. The Balaban J connectivity index is 1.50. The number of rotatable bonds is 2. The SMILES string of the molecule is Cc1ccc(-c2ccc(C(=O)N3CCC4(CCOC4)C3)s2)o1. The Labute approximate surface area is 133 Å². The molecule has 1 amide bonds. The second kappa shape index (κ2) is 5.25. The van der Waals surface area contributed by atoms with Gasteiger partial charge in [0.1, 0.15) is 11.5 Å². The molecule has 0 saturated carbocycles. The van der Waals surface area contributed by atoms with Crippen LogP contribution in [0.3, 0.4) is 0 Å².